The summed E-state index contributed by atoms with van der Waals surface area (Å²) in [5.74, 6) is 0.426. The van der Waals surface area contributed by atoms with E-state index in [0.29, 0.717) is 37.3 Å². The monoisotopic (exact) mass is 526 g/mol. The Morgan fingerprint density at radius 1 is 0.974 bits per heavy atom. The number of aliphatic hydroxyl groups is 2. The van der Waals surface area contributed by atoms with Crippen LogP contribution in [-0.2, 0) is 24.1 Å². The maximum absolute atomic E-state index is 12.8. The van der Waals surface area contributed by atoms with Crippen LogP contribution in [0.5, 0.6) is 23.0 Å². The van der Waals surface area contributed by atoms with Crippen molar-refractivity contribution >= 4 is 5.78 Å². The van der Waals surface area contributed by atoms with E-state index in [4.69, 9.17) is 9.47 Å². The van der Waals surface area contributed by atoms with Gasteiger partial charge in [0.2, 0.25) is 0 Å². The van der Waals surface area contributed by atoms with Gasteiger partial charge in [-0.15, -0.1) is 0 Å². The smallest absolute Gasteiger partial charge is 0.163 e. The average Bonchev–Trinajstić information content (AvgIpc) is 3.40. The number of ether oxygens (including phenoxy) is 2. The van der Waals surface area contributed by atoms with Gasteiger partial charge in [-0.3, -0.25) is 10.1 Å². The number of carbonyl (C=O) groups excluding carboxylic acids is 1. The van der Waals surface area contributed by atoms with Gasteiger partial charge >= 0.3 is 0 Å². The lowest BCUT2D eigenvalue weighted by Crippen LogP contribution is -2.28. The second-order valence-corrected chi connectivity index (χ2v) is 9.60. The first-order valence-corrected chi connectivity index (χ1v) is 12.8. The number of aliphatic hydroxyl groups excluding tert-OH is 2. The molecule has 0 saturated carbocycles. The van der Waals surface area contributed by atoms with E-state index in [1.54, 1.807) is 37.3 Å². The Kier molecular flexibility index (Phi) is 11.0. The highest BCUT2D eigenvalue weighted by Gasteiger charge is 2.24. The number of aromatic nitrogens is 1. The molecule has 0 unspecified atom stereocenters. The van der Waals surface area contributed by atoms with Crippen molar-refractivity contribution in [1.82, 2.24) is 10.3 Å². The molecule has 0 radical (unpaired) electrons. The van der Waals surface area contributed by atoms with Crippen molar-refractivity contribution in [2.45, 2.75) is 51.2 Å². The number of ketones is 1. The molecule has 6 N–H and O–H groups in total. The summed E-state index contributed by atoms with van der Waals surface area (Å²) in [4.78, 5) is 15.9. The molecule has 0 aliphatic heterocycles. The third-order valence-electron chi connectivity index (χ3n) is 6.37. The molecule has 0 saturated heterocycles. The largest absolute Gasteiger partial charge is 0.504 e. The highest BCUT2D eigenvalue weighted by molar-refractivity contribution is 5.79. The lowest BCUT2D eigenvalue weighted by Gasteiger charge is -2.23. The van der Waals surface area contributed by atoms with Crippen LogP contribution in [0, 0.1) is 5.92 Å². The van der Waals surface area contributed by atoms with Gasteiger partial charge in [-0.25, -0.2) is 0 Å². The van der Waals surface area contributed by atoms with Gasteiger partial charge in [0.05, 0.1) is 19.3 Å². The van der Waals surface area contributed by atoms with Crippen LogP contribution >= 0.6 is 0 Å². The number of methoxy groups -OCH3 is 1. The summed E-state index contributed by atoms with van der Waals surface area (Å²) in [7, 11) is 1.49. The Hall–Kier alpha value is -3.53. The first-order valence-electron chi connectivity index (χ1n) is 12.8. The van der Waals surface area contributed by atoms with Crippen LogP contribution in [0.15, 0.2) is 54.9 Å². The second-order valence-electron chi connectivity index (χ2n) is 9.60. The summed E-state index contributed by atoms with van der Waals surface area (Å²) in [6.07, 6.45) is 4.15. The van der Waals surface area contributed by atoms with Crippen molar-refractivity contribution in [1.29, 1.82) is 0 Å². The summed E-state index contributed by atoms with van der Waals surface area (Å²) in [6.45, 7) is 2.15. The number of phenolic OH excluding ortho intramolecular Hbond substituents is 2. The maximum atomic E-state index is 12.8. The van der Waals surface area contributed by atoms with Crippen LogP contribution in [-0.4, -0.2) is 63.8 Å². The fourth-order valence-corrected chi connectivity index (χ4v) is 4.30. The molecule has 0 spiro atoms. The molecular formula is C29H38N2O7. The molecule has 0 fully saturated rings. The van der Waals surface area contributed by atoms with Gasteiger partial charge in [-0.05, 0) is 79.1 Å². The van der Waals surface area contributed by atoms with Crippen molar-refractivity contribution in [2.24, 2.45) is 5.92 Å². The maximum Gasteiger partial charge on any atom is 0.163 e. The first kappa shape index (κ1) is 29.0. The molecule has 1 heterocycles. The Morgan fingerprint density at radius 3 is 2.34 bits per heavy atom. The van der Waals surface area contributed by atoms with Gasteiger partial charge < -0.3 is 34.9 Å². The highest BCUT2D eigenvalue weighted by Crippen LogP contribution is 2.30. The minimum atomic E-state index is -0.851. The summed E-state index contributed by atoms with van der Waals surface area (Å²) in [5.41, 5.74) is 2.76. The molecule has 9 heteroatoms. The quantitative estimate of drug-likeness (QED) is 0.123. The Bertz CT molecular complexity index is 1150. The number of hydrogen-bond donors (Lipinski definition) is 6. The van der Waals surface area contributed by atoms with E-state index in [-0.39, 0.29) is 42.8 Å². The van der Waals surface area contributed by atoms with Gasteiger partial charge in [0.1, 0.15) is 12.5 Å². The van der Waals surface area contributed by atoms with Crippen LogP contribution in [0.2, 0.25) is 0 Å². The van der Waals surface area contributed by atoms with E-state index in [9.17, 15) is 25.2 Å². The molecule has 38 heavy (non-hydrogen) atoms. The molecule has 3 atom stereocenters. The van der Waals surface area contributed by atoms with Crippen LogP contribution in [0.4, 0.5) is 0 Å². The predicted octanol–water partition coefficient (Wildman–Crippen LogP) is 3.10. The number of hydrogen-bond acceptors (Lipinski definition) is 8. The van der Waals surface area contributed by atoms with Crippen molar-refractivity contribution in [3.63, 3.8) is 0 Å². The first-order chi connectivity index (χ1) is 18.2. The number of aromatic amines is 1. The van der Waals surface area contributed by atoms with Gasteiger partial charge in [-0.2, -0.15) is 0 Å². The van der Waals surface area contributed by atoms with E-state index in [1.165, 1.54) is 13.2 Å². The van der Waals surface area contributed by atoms with Crippen molar-refractivity contribution in [2.75, 3.05) is 20.4 Å². The van der Waals surface area contributed by atoms with Gasteiger partial charge in [-0.1, -0.05) is 12.1 Å². The number of nitrogens with one attached hydrogen (secondary N) is 2. The van der Waals surface area contributed by atoms with E-state index in [2.05, 4.69) is 10.3 Å². The van der Waals surface area contributed by atoms with E-state index in [0.717, 1.165) is 16.7 Å². The van der Waals surface area contributed by atoms with Gasteiger partial charge in [0, 0.05) is 31.8 Å². The van der Waals surface area contributed by atoms with Crippen LogP contribution < -0.4 is 14.8 Å². The topological polar surface area (TPSA) is 144 Å². The lowest BCUT2D eigenvalue weighted by atomic mass is 9.86. The molecular weight excluding hydrogens is 488 g/mol. The number of aromatic hydroxyl groups is 2. The second kappa shape index (κ2) is 14.4. The van der Waals surface area contributed by atoms with Crippen molar-refractivity contribution in [3.8, 4) is 23.0 Å². The Labute approximate surface area is 223 Å². The number of carbonyl (C=O) groups is 1. The number of H-pyrrole nitrogens is 1. The zero-order valence-corrected chi connectivity index (χ0v) is 21.9. The van der Waals surface area contributed by atoms with Crippen molar-refractivity contribution < 1.29 is 34.7 Å². The normalized spacial score (nSPS) is 13.6. The molecule has 0 bridgehead atoms. The average molecular weight is 527 g/mol. The molecule has 0 aliphatic rings. The fraction of sp³-hybridized carbons (Fsp3) is 0.414. The molecule has 206 valence electrons. The summed E-state index contributed by atoms with van der Waals surface area (Å²) >= 11 is 0. The number of benzene rings is 2. The third kappa shape index (κ3) is 9.09. The standard InChI is InChI=1S/C29H38N2O7/c1-19(32)16-31-18-38-29-13-20(4-7-26(29)35)3-6-24(33)15-27(36)23(12-22-9-10-30-17-22)11-21-5-8-25(34)28(14-21)37-2/h4-5,7-10,13-14,17,19,23,27,30-32,34-36H,3,6,11-12,15-16,18H2,1-2H3/t19-,23+,27+/m0/s1. The molecule has 0 aliphatic carbocycles. The number of Topliss-reactive ketones (excluding diaryl/α,β-unsaturated/α-hetero) is 1. The zero-order chi connectivity index (χ0) is 27.5. The molecule has 9 nitrogen and oxygen atoms in total. The highest BCUT2D eigenvalue weighted by atomic mass is 16.5. The van der Waals surface area contributed by atoms with Crippen LogP contribution in [0.25, 0.3) is 0 Å². The number of rotatable bonds is 16. The number of phenols is 2. The predicted molar refractivity (Wildman–Crippen MR) is 144 cm³/mol. The molecule has 2 aromatic carbocycles. The SMILES string of the molecule is COc1cc(C[C@H](Cc2cc[nH]c2)[C@H](O)CC(=O)CCc2ccc(O)c(OCNC[C@H](C)O)c2)ccc1O. The summed E-state index contributed by atoms with van der Waals surface area (Å²) < 4.78 is 10.8. The van der Waals surface area contributed by atoms with Crippen molar-refractivity contribution in [3.05, 3.63) is 71.5 Å². The van der Waals surface area contributed by atoms with Crippen LogP contribution in [0.1, 0.15) is 36.5 Å². The minimum Gasteiger partial charge on any atom is -0.504 e. The molecule has 3 rings (SSSR count). The lowest BCUT2D eigenvalue weighted by molar-refractivity contribution is -0.121. The zero-order valence-electron chi connectivity index (χ0n) is 21.9. The summed E-state index contributed by atoms with van der Waals surface area (Å²) in [5, 5.41) is 43.2. The Balaban J connectivity index is 1.58. The van der Waals surface area contributed by atoms with Gasteiger partial charge in [0.25, 0.3) is 0 Å². The fourth-order valence-electron chi connectivity index (χ4n) is 4.30. The van der Waals surface area contributed by atoms with Crippen LogP contribution in [0.3, 0.4) is 0 Å². The molecule has 0 amide bonds. The summed E-state index contributed by atoms with van der Waals surface area (Å²) in [6, 6.07) is 12.0. The third-order valence-corrected chi connectivity index (χ3v) is 6.37. The van der Waals surface area contributed by atoms with E-state index in [1.807, 2.05) is 18.5 Å². The molecule has 3 aromatic rings. The Morgan fingerprint density at radius 2 is 1.66 bits per heavy atom. The molecule has 1 aromatic heterocycles. The number of aryl methyl sites for hydroxylation is 1. The van der Waals surface area contributed by atoms with E-state index >= 15 is 0 Å². The van der Waals surface area contributed by atoms with E-state index < -0.39 is 12.2 Å². The minimum absolute atomic E-state index is 0.00666. The van der Waals surface area contributed by atoms with Gasteiger partial charge in [0.15, 0.2) is 23.0 Å².